The van der Waals surface area contributed by atoms with E-state index >= 15 is 0 Å². The van der Waals surface area contributed by atoms with E-state index < -0.39 is 0 Å². The highest BCUT2D eigenvalue weighted by molar-refractivity contribution is 6.15. The maximum atomic E-state index is 13.5. The fourth-order valence-corrected chi connectivity index (χ4v) is 4.48. The number of fused-ring (bicyclic) bond motifs is 2. The predicted octanol–water partition coefficient (Wildman–Crippen LogP) is 4.09. The minimum Gasteiger partial charge on any atom is -0.494 e. The van der Waals surface area contributed by atoms with Gasteiger partial charge in [-0.25, -0.2) is 0 Å². The van der Waals surface area contributed by atoms with E-state index in [-0.39, 0.29) is 5.91 Å². The van der Waals surface area contributed by atoms with Crippen molar-refractivity contribution >= 4 is 33.3 Å². The first-order valence-electron chi connectivity index (χ1n) is 11.3. The third kappa shape index (κ3) is 4.17. The summed E-state index contributed by atoms with van der Waals surface area (Å²) >= 11 is 0. The van der Waals surface area contributed by atoms with Gasteiger partial charge >= 0.3 is 0 Å². The highest BCUT2D eigenvalue weighted by Crippen LogP contribution is 2.31. The van der Waals surface area contributed by atoms with Crippen LogP contribution in [0.1, 0.15) is 16.1 Å². The molecule has 1 aromatic heterocycles. The molecule has 7 heteroatoms. The lowest BCUT2D eigenvalue weighted by atomic mass is 10.0. The number of methoxy groups -OCH3 is 1. The average Bonchev–Trinajstić information content (AvgIpc) is 3.24. The first-order chi connectivity index (χ1) is 16.2. The summed E-state index contributed by atoms with van der Waals surface area (Å²) in [5.74, 6) is 0.486. The van der Waals surface area contributed by atoms with Crippen molar-refractivity contribution in [2.24, 2.45) is 0 Å². The number of hydrogen-bond acceptors (Lipinski definition) is 5. The molecule has 3 aromatic carbocycles. The molecule has 5 rings (SSSR count). The van der Waals surface area contributed by atoms with Crippen LogP contribution in [0.15, 0.2) is 54.6 Å². The van der Waals surface area contributed by atoms with Gasteiger partial charge < -0.3 is 14.8 Å². The van der Waals surface area contributed by atoms with Gasteiger partial charge in [-0.15, -0.1) is 0 Å². The van der Waals surface area contributed by atoms with E-state index in [0.717, 1.165) is 65.8 Å². The first-order valence-corrected chi connectivity index (χ1v) is 11.3. The molecule has 1 aliphatic rings. The van der Waals surface area contributed by atoms with E-state index in [9.17, 15) is 4.79 Å². The SMILES string of the molecule is COc1cccc2c(C(=O)Nc3c(C)ccc4ccccc34)nn(CCN3CCOCC3)c12. The Labute approximate surface area is 192 Å². The molecule has 4 aromatic rings. The van der Waals surface area contributed by atoms with Crippen molar-refractivity contribution in [2.45, 2.75) is 13.5 Å². The maximum absolute atomic E-state index is 13.5. The van der Waals surface area contributed by atoms with Crippen LogP contribution in [0.25, 0.3) is 21.7 Å². The number of benzene rings is 3. The number of nitrogens with one attached hydrogen (secondary N) is 1. The minimum atomic E-state index is -0.224. The summed E-state index contributed by atoms with van der Waals surface area (Å²) in [5.41, 5.74) is 3.07. The number of anilines is 1. The molecule has 2 heterocycles. The molecule has 0 aliphatic carbocycles. The second-order valence-corrected chi connectivity index (χ2v) is 8.31. The van der Waals surface area contributed by atoms with Crippen LogP contribution in [0.2, 0.25) is 0 Å². The van der Waals surface area contributed by atoms with Gasteiger partial charge in [0.25, 0.3) is 5.91 Å². The lowest BCUT2D eigenvalue weighted by Crippen LogP contribution is -2.38. The van der Waals surface area contributed by atoms with Crippen LogP contribution in [0.5, 0.6) is 5.75 Å². The van der Waals surface area contributed by atoms with Crippen molar-refractivity contribution < 1.29 is 14.3 Å². The summed E-state index contributed by atoms with van der Waals surface area (Å²) in [7, 11) is 1.65. The third-order valence-electron chi connectivity index (χ3n) is 6.28. The largest absolute Gasteiger partial charge is 0.494 e. The molecule has 1 N–H and O–H groups in total. The van der Waals surface area contributed by atoms with Crippen molar-refractivity contribution in [2.75, 3.05) is 45.3 Å². The van der Waals surface area contributed by atoms with Crippen molar-refractivity contribution in [1.29, 1.82) is 0 Å². The molecule has 1 aliphatic heterocycles. The maximum Gasteiger partial charge on any atom is 0.276 e. The number of hydrogen-bond donors (Lipinski definition) is 1. The number of rotatable bonds is 6. The number of amides is 1. The van der Waals surface area contributed by atoms with E-state index in [1.165, 1.54) is 0 Å². The van der Waals surface area contributed by atoms with E-state index in [1.54, 1.807) is 7.11 Å². The van der Waals surface area contributed by atoms with Gasteiger partial charge in [0.15, 0.2) is 5.69 Å². The lowest BCUT2D eigenvalue weighted by molar-refractivity contribution is 0.0361. The highest BCUT2D eigenvalue weighted by atomic mass is 16.5. The molecule has 170 valence electrons. The molecule has 0 radical (unpaired) electrons. The van der Waals surface area contributed by atoms with E-state index in [2.05, 4.69) is 16.3 Å². The number of morpholine rings is 1. The second kappa shape index (κ2) is 9.21. The normalized spacial score (nSPS) is 14.6. The van der Waals surface area contributed by atoms with Crippen molar-refractivity contribution in [3.05, 3.63) is 65.9 Å². The Kier molecular flexibility index (Phi) is 5.98. The molecule has 0 saturated carbocycles. The molecule has 33 heavy (non-hydrogen) atoms. The zero-order chi connectivity index (χ0) is 22.8. The number of aromatic nitrogens is 2. The fraction of sp³-hybridized carbons (Fsp3) is 0.308. The molecule has 1 amide bonds. The van der Waals surface area contributed by atoms with E-state index in [0.29, 0.717) is 18.0 Å². The number of carbonyl (C=O) groups excluding carboxylic acids is 1. The number of carbonyl (C=O) groups is 1. The first kappa shape index (κ1) is 21.4. The van der Waals surface area contributed by atoms with E-state index in [4.69, 9.17) is 14.6 Å². The fourth-order valence-electron chi connectivity index (χ4n) is 4.48. The van der Waals surface area contributed by atoms with Crippen LogP contribution in [0.3, 0.4) is 0 Å². The summed E-state index contributed by atoms with van der Waals surface area (Å²) in [5, 5.41) is 10.8. The molecular formula is C26H28N4O3. The van der Waals surface area contributed by atoms with Crippen molar-refractivity contribution in [3.63, 3.8) is 0 Å². The van der Waals surface area contributed by atoms with Crippen molar-refractivity contribution in [3.8, 4) is 5.75 Å². The number of para-hydroxylation sites is 1. The Morgan fingerprint density at radius 2 is 1.82 bits per heavy atom. The number of nitrogens with zero attached hydrogens (tertiary/aromatic N) is 3. The lowest BCUT2D eigenvalue weighted by Gasteiger charge is -2.26. The van der Waals surface area contributed by atoms with Crippen molar-refractivity contribution in [1.82, 2.24) is 14.7 Å². The highest BCUT2D eigenvalue weighted by Gasteiger charge is 2.22. The molecule has 0 atom stereocenters. The Morgan fingerprint density at radius 1 is 1.03 bits per heavy atom. The quantitative estimate of drug-likeness (QED) is 0.485. The Bertz CT molecular complexity index is 1310. The monoisotopic (exact) mass is 444 g/mol. The van der Waals surface area contributed by atoms with Crippen LogP contribution >= 0.6 is 0 Å². The zero-order valence-electron chi connectivity index (χ0n) is 19.0. The number of aryl methyl sites for hydroxylation is 1. The van der Waals surface area contributed by atoms with Crippen LogP contribution in [0, 0.1) is 6.92 Å². The Morgan fingerprint density at radius 3 is 2.64 bits per heavy atom. The Balaban J connectivity index is 1.50. The van der Waals surface area contributed by atoms with Crippen LogP contribution in [0.4, 0.5) is 5.69 Å². The van der Waals surface area contributed by atoms with Gasteiger partial charge in [-0.1, -0.05) is 48.5 Å². The van der Waals surface area contributed by atoms with Gasteiger partial charge in [0.05, 0.1) is 32.6 Å². The Hall–Kier alpha value is -3.42. The average molecular weight is 445 g/mol. The topological polar surface area (TPSA) is 68.6 Å². The smallest absolute Gasteiger partial charge is 0.276 e. The molecule has 0 spiro atoms. The number of ether oxygens (including phenoxy) is 2. The summed E-state index contributed by atoms with van der Waals surface area (Å²) in [6.07, 6.45) is 0. The van der Waals surface area contributed by atoms with Gasteiger partial charge in [-0.2, -0.15) is 5.10 Å². The van der Waals surface area contributed by atoms with Gasteiger partial charge in [-0.3, -0.25) is 14.4 Å². The standard InChI is InChI=1S/C26H28N4O3/c1-18-10-11-19-6-3-4-7-20(19)23(18)27-26(31)24-21-8-5-9-22(32-2)25(21)30(28-24)13-12-29-14-16-33-17-15-29/h3-11H,12-17H2,1-2H3,(H,27,31). The summed E-state index contributed by atoms with van der Waals surface area (Å²) in [6.45, 7) is 6.82. The minimum absolute atomic E-state index is 0.224. The summed E-state index contributed by atoms with van der Waals surface area (Å²) in [6, 6.07) is 17.9. The third-order valence-corrected chi connectivity index (χ3v) is 6.28. The molecule has 0 unspecified atom stereocenters. The van der Waals surface area contributed by atoms with Crippen LogP contribution < -0.4 is 10.1 Å². The van der Waals surface area contributed by atoms with Gasteiger partial charge in [0.2, 0.25) is 0 Å². The molecule has 1 saturated heterocycles. The summed E-state index contributed by atoms with van der Waals surface area (Å²) in [4.78, 5) is 15.8. The molecule has 7 nitrogen and oxygen atoms in total. The molecule has 0 bridgehead atoms. The second-order valence-electron chi connectivity index (χ2n) is 8.31. The van der Waals surface area contributed by atoms with Gasteiger partial charge in [-0.05, 0) is 23.9 Å². The molecular weight excluding hydrogens is 416 g/mol. The zero-order valence-corrected chi connectivity index (χ0v) is 19.0. The predicted molar refractivity (Wildman–Crippen MR) is 130 cm³/mol. The van der Waals surface area contributed by atoms with Crippen LogP contribution in [-0.4, -0.2) is 60.5 Å². The summed E-state index contributed by atoms with van der Waals surface area (Å²) < 4.78 is 13.0. The van der Waals surface area contributed by atoms with Gasteiger partial charge in [0.1, 0.15) is 11.3 Å². The van der Waals surface area contributed by atoms with Gasteiger partial charge in [0, 0.05) is 30.4 Å². The van der Waals surface area contributed by atoms with E-state index in [1.807, 2.05) is 60.1 Å². The molecule has 1 fully saturated rings. The van der Waals surface area contributed by atoms with Crippen LogP contribution in [-0.2, 0) is 11.3 Å².